The lowest BCUT2D eigenvalue weighted by Crippen LogP contribution is -2.30. The standard InChI is InChI=1S/C12H14FNO3/c1-12(2,8-15)10(7-14(16)17)9-5-3-4-6-11(9)13/h3-6,8,10H,7H2,1-2H3/t10-/m0/s1. The maximum absolute atomic E-state index is 13.6. The Morgan fingerprint density at radius 1 is 1.47 bits per heavy atom. The number of hydrogen-bond acceptors (Lipinski definition) is 3. The molecular formula is C12H14FNO3. The Bertz CT molecular complexity index is 432. The summed E-state index contributed by atoms with van der Waals surface area (Å²) in [5.41, 5.74) is -0.767. The van der Waals surface area contributed by atoms with Crippen LogP contribution in [0.3, 0.4) is 0 Å². The zero-order valence-corrected chi connectivity index (χ0v) is 9.72. The molecule has 1 aromatic rings. The van der Waals surface area contributed by atoms with Gasteiger partial charge in [0.25, 0.3) is 0 Å². The van der Waals surface area contributed by atoms with E-state index in [0.29, 0.717) is 6.29 Å². The molecule has 1 aromatic carbocycles. The van der Waals surface area contributed by atoms with E-state index in [-0.39, 0.29) is 5.56 Å². The highest BCUT2D eigenvalue weighted by Crippen LogP contribution is 2.35. The molecule has 1 atom stereocenters. The van der Waals surface area contributed by atoms with Gasteiger partial charge in [-0.15, -0.1) is 0 Å². The second kappa shape index (κ2) is 5.03. The number of carbonyl (C=O) groups is 1. The quantitative estimate of drug-likeness (QED) is 0.450. The van der Waals surface area contributed by atoms with Gasteiger partial charge < -0.3 is 4.79 Å². The van der Waals surface area contributed by atoms with Crippen LogP contribution >= 0.6 is 0 Å². The van der Waals surface area contributed by atoms with E-state index in [1.807, 2.05) is 0 Å². The van der Waals surface area contributed by atoms with Crippen LogP contribution in [0, 0.1) is 21.3 Å². The molecule has 0 aliphatic carbocycles. The van der Waals surface area contributed by atoms with E-state index in [1.165, 1.54) is 18.2 Å². The van der Waals surface area contributed by atoms with Crippen LogP contribution in [-0.4, -0.2) is 17.8 Å². The van der Waals surface area contributed by atoms with E-state index in [4.69, 9.17) is 0 Å². The van der Waals surface area contributed by atoms with Gasteiger partial charge in [0, 0.05) is 10.3 Å². The first kappa shape index (κ1) is 13.3. The molecule has 0 saturated heterocycles. The molecule has 0 saturated carbocycles. The van der Waals surface area contributed by atoms with E-state index in [0.717, 1.165) is 0 Å². The minimum absolute atomic E-state index is 0.210. The number of rotatable bonds is 5. The molecular weight excluding hydrogens is 225 g/mol. The smallest absolute Gasteiger partial charge is 0.211 e. The molecule has 17 heavy (non-hydrogen) atoms. The third-order valence-corrected chi connectivity index (χ3v) is 2.81. The van der Waals surface area contributed by atoms with Crippen molar-refractivity contribution in [3.8, 4) is 0 Å². The highest BCUT2D eigenvalue weighted by molar-refractivity contribution is 5.60. The third-order valence-electron chi connectivity index (χ3n) is 2.81. The minimum atomic E-state index is -0.977. The fourth-order valence-electron chi connectivity index (χ4n) is 1.72. The highest BCUT2D eigenvalue weighted by Gasteiger charge is 2.36. The lowest BCUT2D eigenvalue weighted by Gasteiger charge is -2.26. The summed E-state index contributed by atoms with van der Waals surface area (Å²) in [6, 6.07) is 5.83. The number of carbonyl (C=O) groups excluding carboxylic acids is 1. The normalized spacial score (nSPS) is 13.1. The van der Waals surface area contributed by atoms with E-state index in [1.54, 1.807) is 19.9 Å². The van der Waals surface area contributed by atoms with Crippen molar-refractivity contribution in [3.63, 3.8) is 0 Å². The molecule has 0 N–H and O–H groups in total. The van der Waals surface area contributed by atoms with Gasteiger partial charge in [0.15, 0.2) is 0 Å². The summed E-state index contributed by atoms with van der Waals surface area (Å²) in [5.74, 6) is -1.29. The van der Waals surface area contributed by atoms with Crippen LogP contribution in [0.1, 0.15) is 25.3 Å². The van der Waals surface area contributed by atoms with Crippen LogP contribution < -0.4 is 0 Å². The zero-order chi connectivity index (χ0) is 13.1. The van der Waals surface area contributed by atoms with Crippen molar-refractivity contribution < 1.29 is 14.1 Å². The topological polar surface area (TPSA) is 60.2 Å². The van der Waals surface area contributed by atoms with Gasteiger partial charge >= 0.3 is 0 Å². The maximum Gasteiger partial charge on any atom is 0.211 e. The van der Waals surface area contributed by atoms with Crippen LogP contribution in [0.5, 0.6) is 0 Å². The van der Waals surface area contributed by atoms with Gasteiger partial charge in [0.1, 0.15) is 12.1 Å². The molecule has 92 valence electrons. The van der Waals surface area contributed by atoms with Crippen LogP contribution in [-0.2, 0) is 4.79 Å². The molecule has 0 spiro atoms. The molecule has 0 fully saturated rings. The van der Waals surface area contributed by atoms with Crippen molar-refractivity contribution in [2.24, 2.45) is 5.41 Å². The van der Waals surface area contributed by atoms with Gasteiger partial charge in [-0.1, -0.05) is 32.0 Å². The van der Waals surface area contributed by atoms with Crippen molar-refractivity contribution in [3.05, 3.63) is 45.8 Å². The molecule has 0 aliphatic heterocycles. The van der Waals surface area contributed by atoms with E-state index in [9.17, 15) is 19.3 Å². The fraction of sp³-hybridized carbons (Fsp3) is 0.417. The molecule has 0 heterocycles. The van der Waals surface area contributed by atoms with Gasteiger partial charge in [-0.25, -0.2) is 4.39 Å². The lowest BCUT2D eigenvalue weighted by molar-refractivity contribution is -0.485. The number of nitro groups is 1. The Labute approximate surface area is 98.6 Å². The molecule has 4 nitrogen and oxygen atoms in total. The number of nitrogens with zero attached hydrogens (tertiary/aromatic N) is 1. The van der Waals surface area contributed by atoms with Gasteiger partial charge in [0.2, 0.25) is 6.54 Å². The molecule has 0 aliphatic rings. The number of benzene rings is 1. The molecule has 1 rings (SSSR count). The van der Waals surface area contributed by atoms with E-state index >= 15 is 0 Å². The predicted octanol–water partition coefficient (Wildman–Crippen LogP) is 2.41. The second-order valence-corrected chi connectivity index (χ2v) is 4.53. The first-order valence-electron chi connectivity index (χ1n) is 5.21. The highest BCUT2D eigenvalue weighted by atomic mass is 19.1. The SMILES string of the molecule is CC(C)(C=O)[C@@H](C[N+](=O)[O-])c1ccccc1F. The van der Waals surface area contributed by atoms with Crippen molar-refractivity contribution in [2.45, 2.75) is 19.8 Å². The van der Waals surface area contributed by atoms with Gasteiger partial charge in [-0.2, -0.15) is 0 Å². The van der Waals surface area contributed by atoms with Gasteiger partial charge in [-0.05, 0) is 11.6 Å². The fourth-order valence-corrected chi connectivity index (χ4v) is 1.72. The summed E-state index contributed by atoms with van der Waals surface area (Å²) in [6.45, 7) is 2.67. The largest absolute Gasteiger partial charge is 0.303 e. The van der Waals surface area contributed by atoms with Crippen LogP contribution in [0.2, 0.25) is 0 Å². The van der Waals surface area contributed by atoms with Crippen molar-refractivity contribution >= 4 is 6.29 Å². The summed E-state index contributed by atoms with van der Waals surface area (Å²) in [6.07, 6.45) is 0.633. The Morgan fingerprint density at radius 2 is 2.06 bits per heavy atom. The number of aldehydes is 1. The van der Waals surface area contributed by atoms with Crippen molar-refractivity contribution in [1.82, 2.24) is 0 Å². The summed E-state index contributed by atoms with van der Waals surface area (Å²) < 4.78 is 13.6. The first-order valence-corrected chi connectivity index (χ1v) is 5.21. The molecule has 5 heteroatoms. The summed E-state index contributed by atoms with van der Waals surface area (Å²) in [7, 11) is 0. The number of halogens is 1. The molecule has 0 aromatic heterocycles. The lowest BCUT2D eigenvalue weighted by atomic mass is 9.76. The Balaban J connectivity index is 3.20. The van der Waals surface area contributed by atoms with Gasteiger partial charge in [0.05, 0.1) is 5.92 Å². The summed E-state index contributed by atoms with van der Waals surface area (Å²) in [4.78, 5) is 21.1. The molecule has 0 amide bonds. The van der Waals surface area contributed by atoms with Crippen LogP contribution in [0.25, 0.3) is 0 Å². The maximum atomic E-state index is 13.6. The molecule has 0 bridgehead atoms. The summed E-state index contributed by atoms with van der Waals surface area (Å²) >= 11 is 0. The van der Waals surface area contributed by atoms with Gasteiger partial charge in [-0.3, -0.25) is 10.1 Å². The Morgan fingerprint density at radius 3 is 2.53 bits per heavy atom. The number of hydrogen-bond donors (Lipinski definition) is 0. The zero-order valence-electron chi connectivity index (χ0n) is 9.72. The average Bonchev–Trinajstić information content (AvgIpc) is 2.26. The van der Waals surface area contributed by atoms with Crippen molar-refractivity contribution in [2.75, 3.05) is 6.54 Å². The van der Waals surface area contributed by atoms with Crippen LogP contribution in [0.15, 0.2) is 24.3 Å². The van der Waals surface area contributed by atoms with Crippen LogP contribution in [0.4, 0.5) is 4.39 Å². The summed E-state index contributed by atoms with van der Waals surface area (Å²) in [5, 5.41) is 10.6. The average molecular weight is 239 g/mol. The minimum Gasteiger partial charge on any atom is -0.303 e. The van der Waals surface area contributed by atoms with Crippen molar-refractivity contribution in [1.29, 1.82) is 0 Å². The predicted molar refractivity (Wildman–Crippen MR) is 60.8 cm³/mol. The molecule has 0 radical (unpaired) electrons. The molecule has 0 unspecified atom stereocenters. The Hall–Kier alpha value is -1.78. The van der Waals surface area contributed by atoms with E-state index < -0.39 is 28.6 Å². The monoisotopic (exact) mass is 239 g/mol. The van der Waals surface area contributed by atoms with E-state index in [2.05, 4.69) is 0 Å². The Kier molecular flexibility index (Phi) is 3.93. The third kappa shape index (κ3) is 3.09. The first-order chi connectivity index (χ1) is 7.88. The second-order valence-electron chi connectivity index (χ2n) is 4.53.